The summed E-state index contributed by atoms with van der Waals surface area (Å²) in [6, 6.07) is 6.76. The third kappa shape index (κ3) is 4.07. The molecule has 8 heteroatoms. The number of rotatable bonds is 6. The van der Waals surface area contributed by atoms with Crippen molar-refractivity contribution in [3.8, 4) is 0 Å². The van der Waals surface area contributed by atoms with Crippen LogP contribution in [0.25, 0.3) is 10.2 Å². The van der Waals surface area contributed by atoms with E-state index in [0.717, 1.165) is 32.2 Å². The van der Waals surface area contributed by atoms with E-state index in [1.165, 1.54) is 17.4 Å². The van der Waals surface area contributed by atoms with Crippen molar-refractivity contribution in [1.82, 2.24) is 10.5 Å². The molecular weight excluding hydrogens is 480 g/mol. The summed E-state index contributed by atoms with van der Waals surface area (Å²) in [6.07, 6.45) is 3.98. The van der Waals surface area contributed by atoms with Gasteiger partial charge in [0.15, 0.2) is 0 Å². The highest BCUT2D eigenvalue weighted by Crippen LogP contribution is 2.38. The standard InChI is InChI=1S/C19H17FIN3O2S/c1-10-6-7-22-18-15(10)16(17(25)24-26-9-11-2-3-11)19(27-18)23-14-5-4-12(21)8-13(14)20/h4-8,11,23H,2-3,9H2,1H3,(H,24,25). The van der Waals surface area contributed by atoms with E-state index in [4.69, 9.17) is 4.84 Å². The number of aromatic nitrogens is 1. The Labute approximate surface area is 173 Å². The van der Waals surface area contributed by atoms with Crippen LogP contribution in [-0.2, 0) is 4.84 Å². The number of fused-ring (bicyclic) bond motifs is 1. The molecule has 27 heavy (non-hydrogen) atoms. The fourth-order valence-corrected chi connectivity index (χ4v) is 4.34. The van der Waals surface area contributed by atoms with E-state index in [2.05, 4.69) is 38.4 Å². The van der Waals surface area contributed by atoms with E-state index in [0.29, 0.717) is 28.8 Å². The van der Waals surface area contributed by atoms with Crippen LogP contribution in [-0.4, -0.2) is 17.5 Å². The lowest BCUT2D eigenvalue weighted by molar-refractivity contribution is 0.0272. The van der Waals surface area contributed by atoms with E-state index in [1.807, 2.05) is 13.0 Å². The number of nitrogens with one attached hydrogen (secondary N) is 2. The summed E-state index contributed by atoms with van der Waals surface area (Å²) < 4.78 is 15.1. The predicted molar refractivity (Wildman–Crippen MR) is 113 cm³/mol. The Balaban J connectivity index is 1.69. The lowest BCUT2D eigenvalue weighted by atomic mass is 10.1. The molecule has 0 bridgehead atoms. The van der Waals surface area contributed by atoms with E-state index < -0.39 is 0 Å². The van der Waals surface area contributed by atoms with Crippen molar-refractivity contribution in [1.29, 1.82) is 0 Å². The van der Waals surface area contributed by atoms with Gasteiger partial charge in [0.05, 0.1) is 17.9 Å². The SMILES string of the molecule is Cc1ccnc2sc(Nc3ccc(I)cc3F)c(C(=O)NOCC3CC3)c12. The van der Waals surface area contributed by atoms with Crippen molar-refractivity contribution >= 4 is 60.7 Å². The van der Waals surface area contributed by atoms with Crippen molar-refractivity contribution in [2.75, 3.05) is 11.9 Å². The molecule has 2 N–H and O–H groups in total. The summed E-state index contributed by atoms with van der Waals surface area (Å²) in [5, 5.41) is 4.36. The Hall–Kier alpha value is -1.78. The number of benzene rings is 1. The molecule has 0 radical (unpaired) electrons. The number of hydrogen-bond acceptors (Lipinski definition) is 5. The molecule has 1 aliphatic rings. The van der Waals surface area contributed by atoms with E-state index in [-0.39, 0.29) is 11.7 Å². The quantitative estimate of drug-likeness (QED) is 0.365. The van der Waals surface area contributed by atoms with Gasteiger partial charge in [0, 0.05) is 15.2 Å². The zero-order chi connectivity index (χ0) is 19.0. The van der Waals surface area contributed by atoms with Gasteiger partial charge in [0.25, 0.3) is 5.91 Å². The molecule has 0 spiro atoms. The molecule has 0 saturated heterocycles. The van der Waals surface area contributed by atoms with Crippen LogP contribution in [0.3, 0.4) is 0 Å². The first-order valence-corrected chi connectivity index (χ1v) is 10.4. The summed E-state index contributed by atoms with van der Waals surface area (Å²) in [5.41, 5.74) is 4.20. The van der Waals surface area contributed by atoms with Crippen LogP contribution < -0.4 is 10.8 Å². The Bertz CT molecular complexity index is 1020. The lowest BCUT2D eigenvalue weighted by Gasteiger charge is -2.10. The molecule has 1 fully saturated rings. The van der Waals surface area contributed by atoms with Gasteiger partial charge in [-0.25, -0.2) is 14.9 Å². The minimum absolute atomic E-state index is 0.313. The van der Waals surface area contributed by atoms with Gasteiger partial charge in [-0.2, -0.15) is 0 Å². The second-order valence-electron chi connectivity index (χ2n) is 6.55. The maximum atomic E-state index is 14.3. The summed E-state index contributed by atoms with van der Waals surface area (Å²) in [5.74, 6) is -0.196. The molecule has 3 aromatic rings. The van der Waals surface area contributed by atoms with E-state index in [9.17, 15) is 9.18 Å². The van der Waals surface area contributed by atoms with E-state index >= 15 is 0 Å². The van der Waals surface area contributed by atoms with Crippen molar-refractivity contribution in [3.05, 3.63) is 51.0 Å². The lowest BCUT2D eigenvalue weighted by Crippen LogP contribution is -2.25. The molecule has 5 nitrogen and oxygen atoms in total. The third-order valence-electron chi connectivity index (χ3n) is 4.39. The predicted octanol–water partition coefficient (Wildman–Crippen LogP) is 5.16. The highest BCUT2D eigenvalue weighted by molar-refractivity contribution is 14.1. The molecule has 1 saturated carbocycles. The Morgan fingerprint density at radius 1 is 1.41 bits per heavy atom. The Kier molecular flexibility index (Phi) is 5.29. The Morgan fingerprint density at radius 2 is 2.22 bits per heavy atom. The number of carbonyl (C=O) groups is 1. The summed E-state index contributed by atoms with van der Waals surface area (Å²) in [6.45, 7) is 2.44. The van der Waals surface area contributed by atoms with Crippen molar-refractivity contribution in [3.63, 3.8) is 0 Å². The minimum Gasteiger partial charge on any atom is -0.344 e. The second-order valence-corrected chi connectivity index (χ2v) is 8.79. The van der Waals surface area contributed by atoms with Crippen LogP contribution >= 0.6 is 33.9 Å². The maximum absolute atomic E-state index is 14.3. The number of pyridine rings is 1. The van der Waals surface area contributed by atoms with E-state index in [1.54, 1.807) is 18.3 Å². The second kappa shape index (κ2) is 7.69. The van der Waals surface area contributed by atoms with Gasteiger partial charge in [-0.3, -0.25) is 9.63 Å². The van der Waals surface area contributed by atoms with Crippen LogP contribution in [0.4, 0.5) is 15.1 Å². The number of anilines is 2. The van der Waals surface area contributed by atoms with Crippen molar-refractivity contribution in [2.45, 2.75) is 19.8 Å². The molecule has 0 atom stereocenters. The molecule has 1 amide bonds. The highest BCUT2D eigenvalue weighted by atomic mass is 127. The smallest absolute Gasteiger partial charge is 0.278 e. The first kappa shape index (κ1) is 18.6. The minimum atomic E-state index is -0.375. The van der Waals surface area contributed by atoms with Gasteiger partial charge < -0.3 is 5.32 Å². The average Bonchev–Trinajstić information content (AvgIpc) is 3.36. The highest BCUT2D eigenvalue weighted by Gasteiger charge is 2.25. The van der Waals surface area contributed by atoms with Crippen LogP contribution in [0.1, 0.15) is 28.8 Å². The average molecular weight is 497 g/mol. The molecule has 2 heterocycles. The number of hydroxylamine groups is 1. The third-order valence-corrected chi connectivity index (χ3v) is 6.07. The fourth-order valence-electron chi connectivity index (χ4n) is 2.75. The molecule has 1 aliphatic carbocycles. The Morgan fingerprint density at radius 3 is 2.96 bits per heavy atom. The van der Waals surface area contributed by atoms with Crippen molar-refractivity contribution < 1.29 is 14.0 Å². The zero-order valence-electron chi connectivity index (χ0n) is 14.5. The van der Waals surface area contributed by atoms with Gasteiger partial charge in [-0.1, -0.05) is 11.3 Å². The zero-order valence-corrected chi connectivity index (χ0v) is 17.5. The number of halogens is 2. The normalized spacial score (nSPS) is 13.7. The number of carbonyl (C=O) groups excluding carboxylic acids is 1. The van der Waals surface area contributed by atoms with Crippen LogP contribution in [0.15, 0.2) is 30.5 Å². The fraction of sp³-hybridized carbons (Fsp3) is 0.263. The van der Waals surface area contributed by atoms with Gasteiger partial charge in [0.1, 0.15) is 15.6 Å². The topological polar surface area (TPSA) is 63.2 Å². The number of thiophene rings is 1. The first-order valence-electron chi connectivity index (χ1n) is 8.55. The summed E-state index contributed by atoms with van der Waals surface area (Å²) in [7, 11) is 0. The first-order chi connectivity index (χ1) is 13.0. The van der Waals surface area contributed by atoms with Crippen LogP contribution in [0.2, 0.25) is 0 Å². The molecule has 0 unspecified atom stereocenters. The maximum Gasteiger partial charge on any atom is 0.278 e. The number of aryl methyl sites for hydroxylation is 1. The van der Waals surface area contributed by atoms with Gasteiger partial charge in [-0.15, -0.1) is 0 Å². The molecule has 0 aliphatic heterocycles. The molecule has 4 rings (SSSR count). The largest absolute Gasteiger partial charge is 0.344 e. The van der Waals surface area contributed by atoms with Gasteiger partial charge in [-0.05, 0) is 78.1 Å². The van der Waals surface area contributed by atoms with Gasteiger partial charge in [0.2, 0.25) is 0 Å². The molecule has 140 valence electrons. The van der Waals surface area contributed by atoms with Gasteiger partial charge >= 0.3 is 0 Å². The number of nitrogens with zero attached hydrogens (tertiary/aromatic N) is 1. The molecule has 1 aromatic carbocycles. The van der Waals surface area contributed by atoms with Crippen LogP contribution in [0.5, 0.6) is 0 Å². The summed E-state index contributed by atoms with van der Waals surface area (Å²) in [4.78, 5) is 23.3. The number of amides is 1. The van der Waals surface area contributed by atoms with Crippen LogP contribution in [0, 0.1) is 22.2 Å². The number of hydrogen-bond donors (Lipinski definition) is 2. The molecule has 2 aromatic heterocycles. The monoisotopic (exact) mass is 497 g/mol. The molecular formula is C19H17FIN3O2S. The summed E-state index contributed by atoms with van der Waals surface area (Å²) >= 11 is 3.37. The van der Waals surface area contributed by atoms with Crippen molar-refractivity contribution in [2.24, 2.45) is 5.92 Å².